The second kappa shape index (κ2) is 6.78. The van der Waals surface area contributed by atoms with Crippen LogP contribution in [0.2, 0.25) is 0 Å². The van der Waals surface area contributed by atoms with Gasteiger partial charge in [-0.25, -0.2) is 9.69 Å². The number of hydrogen-bond donors (Lipinski definition) is 0. The smallest absolute Gasteiger partial charge is 0.416 e. The van der Waals surface area contributed by atoms with Crippen molar-refractivity contribution in [3.05, 3.63) is 24.5 Å². The second-order valence-corrected chi connectivity index (χ2v) is 5.68. The van der Waals surface area contributed by atoms with E-state index in [-0.39, 0.29) is 18.3 Å². The Bertz CT molecular complexity index is 718. The minimum absolute atomic E-state index is 0.115. The summed E-state index contributed by atoms with van der Waals surface area (Å²) in [4.78, 5) is 28.5. The van der Waals surface area contributed by atoms with Crippen molar-refractivity contribution in [2.75, 3.05) is 18.9 Å². The molecule has 0 aromatic carbocycles. The highest BCUT2D eigenvalue weighted by molar-refractivity contribution is 7.99. The predicted molar refractivity (Wildman–Crippen MR) is 82.7 cm³/mol. The maximum absolute atomic E-state index is 12.0. The zero-order valence-corrected chi connectivity index (χ0v) is 13.3. The molecule has 3 heterocycles. The number of imide groups is 1. The van der Waals surface area contributed by atoms with Gasteiger partial charge in [-0.2, -0.15) is 0 Å². The van der Waals surface area contributed by atoms with E-state index in [2.05, 4.69) is 15.2 Å². The summed E-state index contributed by atoms with van der Waals surface area (Å²) in [6.45, 7) is 3.22. The van der Waals surface area contributed by atoms with E-state index in [4.69, 9.17) is 4.74 Å². The van der Waals surface area contributed by atoms with E-state index in [1.54, 1.807) is 12.4 Å². The van der Waals surface area contributed by atoms with Crippen LogP contribution in [0.4, 0.5) is 4.79 Å². The van der Waals surface area contributed by atoms with Gasteiger partial charge in [0, 0.05) is 24.5 Å². The first kappa shape index (κ1) is 15.5. The number of carbonyl (C=O) groups excluding carboxylic acids is 2. The number of amides is 2. The number of pyridine rings is 1. The molecule has 120 valence electrons. The van der Waals surface area contributed by atoms with Crippen molar-refractivity contribution in [1.29, 1.82) is 0 Å². The molecule has 23 heavy (non-hydrogen) atoms. The van der Waals surface area contributed by atoms with Crippen LogP contribution in [0, 0.1) is 0 Å². The fraction of sp³-hybridized carbons (Fsp3) is 0.357. The molecule has 8 nitrogen and oxygen atoms in total. The largest absolute Gasteiger partial charge is 0.447 e. The number of hydrogen-bond acceptors (Lipinski definition) is 7. The highest BCUT2D eigenvalue weighted by Gasteiger charge is 2.28. The molecule has 0 radical (unpaired) electrons. The van der Waals surface area contributed by atoms with Crippen LogP contribution in [0.15, 0.2) is 29.7 Å². The van der Waals surface area contributed by atoms with Gasteiger partial charge in [-0.15, -0.1) is 10.2 Å². The van der Waals surface area contributed by atoms with Gasteiger partial charge in [0.15, 0.2) is 11.0 Å². The zero-order chi connectivity index (χ0) is 16.2. The zero-order valence-electron chi connectivity index (χ0n) is 12.5. The Hall–Kier alpha value is -2.42. The first-order valence-corrected chi connectivity index (χ1v) is 8.12. The van der Waals surface area contributed by atoms with Gasteiger partial charge in [0.05, 0.1) is 12.3 Å². The molecular formula is C14H15N5O3S. The van der Waals surface area contributed by atoms with Gasteiger partial charge in [0.1, 0.15) is 6.61 Å². The van der Waals surface area contributed by atoms with Crippen LogP contribution in [0.5, 0.6) is 0 Å². The van der Waals surface area contributed by atoms with Crippen LogP contribution >= 0.6 is 11.8 Å². The number of rotatable bonds is 5. The van der Waals surface area contributed by atoms with Gasteiger partial charge in [-0.1, -0.05) is 11.8 Å². The summed E-state index contributed by atoms with van der Waals surface area (Å²) >= 11 is 1.26. The Morgan fingerprint density at radius 3 is 2.78 bits per heavy atom. The second-order valence-electron chi connectivity index (χ2n) is 4.73. The van der Waals surface area contributed by atoms with E-state index in [0.29, 0.717) is 18.2 Å². The maximum Gasteiger partial charge on any atom is 0.416 e. The summed E-state index contributed by atoms with van der Waals surface area (Å²) in [6.07, 6.45) is 2.81. The summed E-state index contributed by atoms with van der Waals surface area (Å²) in [5.41, 5.74) is 0.913. The van der Waals surface area contributed by atoms with Gasteiger partial charge in [-0.3, -0.25) is 9.78 Å². The van der Waals surface area contributed by atoms with E-state index < -0.39 is 6.09 Å². The van der Waals surface area contributed by atoms with Gasteiger partial charge >= 0.3 is 6.09 Å². The number of nitrogens with zero attached hydrogens (tertiary/aromatic N) is 5. The molecule has 0 N–H and O–H groups in total. The van der Waals surface area contributed by atoms with Gasteiger partial charge in [0.25, 0.3) is 0 Å². The monoisotopic (exact) mass is 333 g/mol. The quantitative estimate of drug-likeness (QED) is 0.765. The highest BCUT2D eigenvalue weighted by atomic mass is 32.2. The fourth-order valence-corrected chi connectivity index (χ4v) is 3.10. The molecule has 0 bridgehead atoms. The molecule has 2 aromatic heterocycles. The Morgan fingerprint density at radius 1 is 1.35 bits per heavy atom. The standard InChI is InChI=1S/C14H15N5O3S/c1-2-18-12(10-3-5-15-6-4-10)16-17-13(18)23-9-11(20)19-7-8-22-14(19)21/h3-6H,2,7-9H2,1H3. The Labute approximate surface area is 136 Å². The van der Waals surface area contributed by atoms with Crippen LogP contribution in [-0.4, -0.2) is 55.6 Å². The minimum Gasteiger partial charge on any atom is -0.447 e. The van der Waals surface area contributed by atoms with Gasteiger partial charge in [-0.05, 0) is 19.1 Å². The number of cyclic esters (lactones) is 1. The lowest BCUT2D eigenvalue weighted by molar-refractivity contribution is -0.125. The molecule has 1 fully saturated rings. The third-order valence-corrected chi connectivity index (χ3v) is 4.31. The Kier molecular flexibility index (Phi) is 4.56. The van der Waals surface area contributed by atoms with Crippen LogP contribution in [-0.2, 0) is 16.1 Å². The first-order valence-electron chi connectivity index (χ1n) is 7.14. The molecular weight excluding hydrogens is 318 g/mol. The number of carbonyl (C=O) groups is 2. The van der Waals surface area contributed by atoms with E-state index in [1.807, 2.05) is 23.6 Å². The molecule has 1 saturated heterocycles. The van der Waals surface area contributed by atoms with Crippen LogP contribution < -0.4 is 0 Å². The normalized spacial score (nSPS) is 14.1. The van der Waals surface area contributed by atoms with E-state index >= 15 is 0 Å². The molecule has 0 atom stereocenters. The van der Waals surface area contributed by atoms with Crippen molar-refractivity contribution in [2.45, 2.75) is 18.6 Å². The van der Waals surface area contributed by atoms with Crippen molar-refractivity contribution >= 4 is 23.8 Å². The van der Waals surface area contributed by atoms with Crippen LogP contribution in [0.25, 0.3) is 11.4 Å². The summed E-state index contributed by atoms with van der Waals surface area (Å²) in [5, 5.41) is 8.98. The first-order chi connectivity index (χ1) is 11.2. The summed E-state index contributed by atoms with van der Waals surface area (Å²) in [6, 6.07) is 3.71. The molecule has 0 aliphatic carbocycles. The predicted octanol–water partition coefficient (Wildman–Crippen LogP) is 1.43. The van der Waals surface area contributed by atoms with E-state index in [9.17, 15) is 9.59 Å². The van der Waals surface area contributed by atoms with Gasteiger partial charge in [0.2, 0.25) is 5.91 Å². The minimum atomic E-state index is -0.579. The van der Waals surface area contributed by atoms with Crippen molar-refractivity contribution < 1.29 is 14.3 Å². The summed E-state index contributed by atoms with van der Waals surface area (Å²) in [5.74, 6) is 0.558. The Balaban J connectivity index is 1.72. The van der Waals surface area contributed by atoms with Crippen LogP contribution in [0.1, 0.15) is 6.92 Å². The Morgan fingerprint density at radius 2 is 2.13 bits per heavy atom. The van der Waals surface area contributed by atoms with Crippen LogP contribution in [0.3, 0.4) is 0 Å². The van der Waals surface area contributed by atoms with E-state index in [0.717, 1.165) is 16.3 Å². The molecule has 1 aliphatic heterocycles. The summed E-state index contributed by atoms with van der Waals surface area (Å²) < 4.78 is 6.69. The molecule has 2 aromatic rings. The molecule has 9 heteroatoms. The van der Waals surface area contributed by atoms with Crippen molar-refractivity contribution in [3.63, 3.8) is 0 Å². The SMILES string of the molecule is CCn1c(SCC(=O)N2CCOC2=O)nnc1-c1ccncc1. The number of aromatic nitrogens is 4. The molecule has 3 rings (SSSR count). The topological polar surface area (TPSA) is 90.2 Å². The van der Waals surface area contributed by atoms with Crippen molar-refractivity contribution in [3.8, 4) is 11.4 Å². The van der Waals surface area contributed by atoms with Gasteiger partial charge < -0.3 is 9.30 Å². The number of ether oxygens (including phenoxy) is 1. The lowest BCUT2D eigenvalue weighted by Crippen LogP contribution is -2.33. The number of thioether (sulfide) groups is 1. The third-order valence-electron chi connectivity index (χ3n) is 3.36. The summed E-state index contributed by atoms with van der Waals surface area (Å²) in [7, 11) is 0. The molecule has 1 aliphatic rings. The van der Waals surface area contributed by atoms with Crippen molar-refractivity contribution in [2.24, 2.45) is 0 Å². The van der Waals surface area contributed by atoms with Crippen molar-refractivity contribution in [1.82, 2.24) is 24.6 Å². The lowest BCUT2D eigenvalue weighted by Gasteiger charge is -2.10. The molecule has 2 amide bonds. The maximum atomic E-state index is 12.0. The molecule has 0 saturated carbocycles. The highest BCUT2D eigenvalue weighted by Crippen LogP contribution is 2.24. The lowest BCUT2D eigenvalue weighted by atomic mass is 10.2. The molecule has 0 spiro atoms. The molecule has 0 unspecified atom stereocenters. The average molecular weight is 333 g/mol. The third kappa shape index (κ3) is 3.19. The fourth-order valence-electron chi connectivity index (χ4n) is 2.22. The average Bonchev–Trinajstić information content (AvgIpc) is 3.19. The van der Waals surface area contributed by atoms with E-state index in [1.165, 1.54) is 11.8 Å².